The molecule has 0 spiro atoms. The van der Waals surface area contributed by atoms with E-state index in [1.54, 1.807) is 0 Å². The summed E-state index contributed by atoms with van der Waals surface area (Å²) in [6, 6.07) is 0.939. The smallest absolute Gasteiger partial charge is 0.212 e. The first kappa shape index (κ1) is 14.2. The van der Waals surface area contributed by atoms with Gasteiger partial charge in [0.05, 0.1) is 5.75 Å². The van der Waals surface area contributed by atoms with Gasteiger partial charge >= 0.3 is 0 Å². The summed E-state index contributed by atoms with van der Waals surface area (Å²) in [6.45, 7) is 2.21. The van der Waals surface area contributed by atoms with Gasteiger partial charge in [0.2, 0.25) is 10.0 Å². The van der Waals surface area contributed by atoms with E-state index in [-0.39, 0.29) is 5.75 Å². The first-order valence-corrected chi connectivity index (χ1v) is 8.63. The van der Waals surface area contributed by atoms with Gasteiger partial charge < -0.3 is 10.2 Å². The van der Waals surface area contributed by atoms with Gasteiger partial charge in [-0.25, -0.2) is 13.1 Å². The van der Waals surface area contributed by atoms with Crippen LogP contribution in [0, 0.1) is 0 Å². The molecule has 1 saturated heterocycles. The lowest BCUT2D eigenvalue weighted by Gasteiger charge is -2.32. The summed E-state index contributed by atoms with van der Waals surface area (Å²) in [6.07, 6.45) is 5.92. The molecule has 0 aromatic heterocycles. The van der Waals surface area contributed by atoms with Gasteiger partial charge in [0.1, 0.15) is 0 Å². The van der Waals surface area contributed by atoms with Gasteiger partial charge in [0, 0.05) is 25.2 Å². The van der Waals surface area contributed by atoms with E-state index in [4.69, 9.17) is 0 Å². The molecule has 0 bridgehead atoms. The standard InChI is InChI=1S/C12H25N3O2S/c1-15-8-3-2-4-12(15)10-14-18(16,17)9-7-13-11-5-6-11/h11-14H,2-10H2,1H3. The van der Waals surface area contributed by atoms with Crippen LogP contribution in [0.15, 0.2) is 0 Å². The third-order valence-corrected chi connectivity index (χ3v) is 5.19. The number of nitrogens with zero attached hydrogens (tertiary/aromatic N) is 1. The Balaban J connectivity index is 1.66. The van der Waals surface area contributed by atoms with E-state index in [0.717, 1.165) is 13.0 Å². The van der Waals surface area contributed by atoms with E-state index in [1.807, 2.05) is 0 Å². The number of piperidine rings is 1. The van der Waals surface area contributed by atoms with Crippen molar-refractivity contribution >= 4 is 10.0 Å². The third-order valence-electron chi connectivity index (χ3n) is 3.84. The second-order valence-electron chi connectivity index (χ2n) is 5.53. The summed E-state index contributed by atoms with van der Waals surface area (Å²) in [5.41, 5.74) is 0. The van der Waals surface area contributed by atoms with Crippen molar-refractivity contribution in [3.8, 4) is 0 Å². The van der Waals surface area contributed by atoms with Crippen molar-refractivity contribution in [3.05, 3.63) is 0 Å². The summed E-state index contributed by atoms with van der Waals surface area (Å²) in [5, 5.41) is 3.23. The van der Waals surface area contributed by atoms with E-state index in [9.17, 15) is 8.42 Å². The van der Waals surface area contributed by atoms with Crippen LogP contribution in [0.5, 0.6) is 0 Å². The Kier molecular flexibility index (Phi) is 5.00. The molecule has 1 aliphatic heterocycles. The zero-order valence-corrected chi connectivity index (χ0v) is 12.0. The van der Waals surface area contributed by atoms with E-state index >= 15 is 0 Å². The highest BCUT2D eigenvalue weighted by Gasteiger charge is 2.23. The summed E-state index contributed by atoms with van der Waals surface area (Å²) in [5.74, 6) is 0.194. The van der Waals surface area contributed by atoms with E-state index in [1.165, 1.54) is 25.7 Å². The van der Waals surface area contributed by atoms with Crippen molar-refractivity contribution in [1.29, 1.82) is 0 Å². The molecular formula is C12H25N3O2S. The quantitative estimate of drug-likeness (QED) is 0.694. The van der Waals surface area contributed by atoms with Crippen LogP contribution in [0.4, 0.5) is 0 Å². The van der Waals surface area contributed by atoms with Crippen molar-refractivity contribution < 1.29 is 8.42 Å². The molecule has 5 nitrogen and oxygen atoms in total. The number of likely N-dealkylation sites (N-methyl/N-ethyl adjacent to an activating group) is 1. The summed E-state index contributed by atoms with van der Waals surface area (Å²) in [4.78, 5) is 2.26. The number of likely N-dealkylation sites (tertiary alicyclic amines) is 1. The fourth-order valence-corrected chi connectivity index (χ4v) is 3.36. The maximum atomic E-state index is 11.8. The second kappa shape index (κ2) is 6.32. The van der Waals surface area contributed by atoms with Crippen LogP contribution in [-0.2, 0) is 10.0 Å². The zero-order valence-electron chi connectivity index (χ0n) is 11.2. The highest BCUT2D eigenvalue weighted by atomic mass is 32.2. The molecule has 1 unspecified atom stereocenters. The predicted octanol–water partition coefficient (Wildman–Crippen LogP) is 0.142. The molecule has 0 aromatic carbocycles. The Morgan fingerprint density at radius 1 is 1.22 bits per heavy atom. The lowest BCUT2D eigenvalue weighted by Crippen LogP contribution is -2.45. The van der Waals surface area contributed by atoms with Gasteiger partial charge in [0.15, 0.2) is 0 Å². The molecule has 1 atom stereocenters. The van der Waals surface area contributed by atoms with E-state index < -0.39 is 10.0 Å². The summed E-state index contributed by atoms with van der Waals surface area (Å²) >= 11 is 0. The Bertz CT molecular complexity index is 354. The van der Waals surface area contributed by atoms with Gasteiger partial charge in [-0.2, -0.15) is 0 Å². The molecule has 18 heavy (non-hydrogen) atoms. The first-order chi connectivity index (χ1) is 8.57. The van der Waals surface area contributed by atoms with Crippen molar-refractivity contribution in [2.24, 2.45) is 0 Å². The van der Waals surface area contributed by atoms with Crippen LogP contribution >= 0.6 is 0 Å². The maximum absolute atomic E-state index is 11.8. The highest BCUT2D eigenvalue weighted by Crippen LogP contribution is 2.18. The Hall–Kier alpha value is -0.170. The minimum atomic E-state index is -3.11. The molecule has 6 heteroatoms. The molecular weight excluding hydrogens is 250 g/mol. The molecule has 1 heterocycles. The third kappa shape index (κ3) is 4.84. The van der Waals surface area contributed by atoms with Crippen molar-refractivity contribution in [3.63, 3.8) is 0 Å². The highest BCUT2D eigenvalue weighted by molar-refractivity contribution is 7.89. The molecule has 0 aromatic rings. The normalized spacial score (nSPS) is 26.4. The molecule has 2 aliphatic rings. The van der Waals surface area contributed by atoms with Crippen LogP contribution in [0.25, 0.3) is 0 Å². The van der Waals surface area contributed by atoms with Crippen LogP contribution in [-0.4, -0.2) is 57.8 Å². The van der Waals surface area contributed by atoms with E-state index in [2.05, 4.69) is 22.0 Å². The minimum Gasteiger partial charge on any atom is -0.313 e. The largest absolute Gasteiger partial charge is 0.313 e. The monoisotopic (exact) mass is 275 g/mol. The SMILES string of the molecule is CN1CCCCC1CNS(=O)(=O)CCNC1CC1. The van der Waals surface area contributed by atoms with Crippen LogP contribution < -0.4 is 10.0 Å². The number of hydrogen-bond acceptors (Lipinski definition) is 4. The van der Waals surface area contributed by atoms with Gasteiger partial charge in [0.25, 0.3) is 0 Å². The Morgan fingerprint density at radius 2 is 2.00 bits per heavy atom. The predicted molar refractivity (Wildman–Crippen MR) is 73.1 cm³/mol. The molecule has 2 fully saturated rings. The molecule has 2 rings (SSSR count). The lowest BCUT2D eigenvalue weighted by molar-refractivity contribution is 0.187. The number of nitrogens with one attached hydrogen (secondary N) is 2. The van der Waals surface area contributed by atoms with Crippen molar-refractivity contribution in [2.45, 2.75) is 44.2 Å². The summed E-state index contributed by atoms with van der Waals surface area (Å²) in [7, 11) is -1.04. The Labute approximate surface area is 110 Å². The molecule has 1 aliphatic carbocycles. The number of rotatable bonds is 7. The molecule has 0 radical (unpaired) electrons. The van der Waals surface area contributed by atoms with E-state index in [0.29, 0.717) is 25.2 Å². The fourth-order valence-electron chi connectivity index (χ4n) is 2.38. The molecule has 0 amide bonds. The van der Waals surface area contributed by atoms with Crippen molar-refractivity contribution in [2.75, 3.05) is 32.4 Å². The minimum absolute atomic E-state index is 0.194. The average Bonchev–Trinajstić information content (AvgIpc) is 3.12. The Morgan fingerprint density at radius 3 is 2.67 bits per heavy atom. The molecule has 2 N–H and O–H groups in total. The topological polar surface area (TPSA) is 61.4 Å². The first-order valence-electron chi connectivity index (χ1n) is 6.98. The van der Waals surface area contributed by atoms with Gasteiger partial charge in [-0.05, 0) is 39.3 Å². The van der Waals surface area contributed by atoms with Crippen molar-refractivity contribution in [1.82, 2.24) is 14.9 Å². The van der Waals surface area contributed by atoms with Gasteiger partial charge in [-0.3, -0.25) is 0 Å². The number of hydrogen-bond donors (Lipinski definition) is 2. The average molecular weight is 275 g/mol. The number of sulfonamides is 1. The summed E-state index contributed by atoms with van der Waals surface area (Å²) < 4.78 is 26.4. The molecule has 106 valence electrons. The van der Waals surface area contributed by atoms with Gasteiger partial charge in [-0.15, -0.1) is 0 Å². The molecule has 1 saturated carbocycles. The fraction of sp³-hybridized carbons (Fsp3) is 1.00. The maximum Gasteiger partial charge on any atom is 0.212 e. The van der Waals surface area contributed by atoms with Crippen LogP contribution in [0.3, 0.4) is 0 Å². The second-order valence-corrected chi connectivity index (χ2v) is 7.45. The van der Waals surface area contributed by atoms with Crippen LogP contribution in [0.2, 0.25) is 0 Å². The lowest BCUT2D eigenvalue weighted by atomic mass is 10.0. The zero-order chi connectivity index (χ0) is 13.0. The van der Waals surface area contributed by atoms with Crippen LogP contribution in [0.1, 0.15) is 32.1 Å². The van der Waals surface area contributed by atoms with Gasteiger partial charge in [-0.1, -0.05) is 6.42 Å².